The summed E-state index contributed by atoms with van der Waals surface area (Å²) in [5.41, 5.74) is 3.06. The van der Waals surface area contributed by atoms with Crippen LogP contribution in [-0.4, -0.2) is 15.7 Å². The van der Waals surface area contributed by atoms with Crippen molar-refractivity contribution in [3.8, 4) is 0 Å². The fraction of sp³-hybridized carbons (Fsp3) is 0.250. The van der Waals surface area contributed by atoms with Crippen LogP contribution in [0.4, 0.5) is 5.69 Å². The van der Waals surface area contributed by atoms with Gasteiger partial charge < -0.3 is 5.32 Å². The largest absolute Gasteiger partial charge is 0.320 e. The Kier molecular flexibility index (Phi) is 4.65. The van der Waals surface area contributed by atoms with E-state index in [9.17, 15) is 9.59 Å². The van der Waals surface area contributed by atoms with Gasteiger partial charge in [0, 0.05) is 18.1 Å². The van der Waals surface area contributed by atoms with Gasteiger partial charge in [-0.3, -0.25) is 9.59 Å². The van der Waals surface area contributed by atoms with Gasteiger partial charge in [0.2, 0.25) is 0 Å². The van der Waals surface area contributed by atoms with E-state index in [4.69, 9.17) is 0 Å². The number of hydrogen-bond acceptors (Lipinski definition) is 3. The summed E-state index contributed by atoms with van der Waals surface area (Å²) in [6.07, 6.45) is 1.65. The maximum absolute atomic E-state index is 12.9. The SMILES string of the molecule is CCc1cccc(CC)c1NC(=O)c1nn(C)c(=O)c2ccccc12. The van der Waals surface area contributed by atoms with Gasteiger partial charge in [0.15, 0.2) is 5.69 Å². The zero-order chi connectivity index (χ0) is 18.0. The number of hydrogen-bond donors (Lipinski definition) is 1. The number of aryl methyl sites for hydroxylation is 3. The fourth-order valence-electron chi connectivity index (χ4n) is 3.04. The Bertz CT molecular complexity index is 983. The second kappa shape index (κ2) is 6.89. The molecule has 0 bridgehead atoms. The number of amides is 1. The molecule has 1 N–H and O–H groups in total. The second-order valence-corrected chi connectivity index (χ2v) is 5.94. The zero-order valence-electron chi connectivity index (χ0n) is 14.7. The highest BCUT2D eigenvalue weighted by Gasteiger charge is 2.17. The molecule has 3 rings (SSSR count). The first-order valence-corrected chi connectivity index (χ1v) is 8.45. The minimum Gasteiger partial charge on any atom is -0.320 e. The lowest BCUT2D eigenvalue weighted by atomic mass is 10.0. The lowest BCUT2D eigenvalue weighted by Crippen LogP contribution is -2.25. The number of benzene rings is 2. The molecule has 0 aliphatic heterocycles. The van der Waals surface area contributed by atoms with Gasteiger partial charge in [0.25, 0.3) is 11.5 Å². The van der Waals surface area contributed by atoms with Gasteiger partial charge >= 0.3 is 0 Å². The molecule has 25 heavy (non-hydrogen) atoms. The summed E-state index contributed by atoms with van der Waals surface area (Å²) in [7, 11) is 1.56. The van der Waals surface area contributed by atoms with Crippen LogP contribution in [0.3, 0.4) is 0 Å². The highest BCUT2D eigenvalue weighted by atomic mass is 16.2. The molecule has 0 spiro atoms. The highest BCUT2D eigenvalue weighted by molar-refractivity contribution is 6.11. The second-order valence-electron chi connectivity index (χ2n) is 5.94. The van der Waals surface area contributed by atoms with E-state index < -0.39 is 0 Å². The van der Waals surface area contributed by atoms with Gasteiger partial charge in [0.05, 0.1) is 5.39 Å². The first kappa shape index (κ1) is 16.9. The summed E-state index contributed by atoms with van der Waals surface area (Å²) < 4.78 is 1.21. The Hall–Kier alpha value is -2.95. The van der Waals surface area contributed by atoms with Crippen LogP contribution in [0.5, 0.6) is 0 Å². The Morgan fingerprint density at radius 2 is 1.60 bits per heavy atom. The van der Waals surface area contributed by atoms with Gasteiger partial charge in [-0.25, -0.2) is 4.68 Å². The predicted molar refractivity (Wildman–Crippen MR) is 100 cm³/mol. The van der Waals surface area contributed by atoms with E-state index in [1.54, 1.807) is 31.3 Å². The lowest BCUT2D eigenvalue weighted by Gasteiger charge is -2.15. The molecule has 0 saturated heterocycles. The summed E-state index contributed by atoms with van der Waals surface area (Å²) in [5, 5.41) is 8.27. The summed E-state index contributed by atoms with van der Waals surface area (Å²) in [6.45, 7) is 4.12. The molecule has 128 valence electrons. The quantitative estimate of drug-likeness (QED) is 0.795. The number of rotatable bonds is 4. The van der Waals surface area contributed by atoms with Crippen LogP contribution in [0.1, 0.15) is 35.5 Å². The maximum Gasteiger partial charge on any atom is 0.276 e. The van der Waals surface area contributed by atoms with Crippen LogP contribution in [-0.2, 0) is 19.9 Å². The Morgan fingerprint density at radius 1 is 1.00 bits per heavy atom. The number of para-hydroxylation sites is 1. The zero-order valence-corrected chi connectivity index (χ0v) is 14.7. The van der Waals surface area contributed by atoms with Crippen LogP contribution in [0.25, 0.3) is 10.8 Å². The summed E-state index contributed by atoms with van der Waals surface area (Å²) >= 11 is 0. The number of anilines is 1. The molecule has 5 heteroatoms. The van der Waals surface area contributed by atoms with Gasteiger partial charge in [-0.05, 0) is 30.0 Å². The molecular formula is C20H21N3O2. The van der Waals surface area contributed by atoms with Crippen molar-refractivity contribution in [1.29, 1.82) is 0 Å². The number of carbonyl (C=O) groups is 1. The molecule has 1 aromatic heterocycles. The van der Waals surface area contributed by atoms with Gasteiger partial charge in [-0.15, -0.1) is 0 Å². The van der Waals surface area contributed by atoms with E-state index in [0.717, 1.165) is 29.7 Å². The van der Waals surface area contributed by atoms with Crippen molar-refractivity contribution in [3.05, 3.63) is 69.6 Å². The molecule has 0 unspecified atom stereocenters. The standard InChI is InChI=1S/C20H21N3O2/c1-4-13-9-8-10-14(5-2)17(13)21-19(24)18-15-11-6-7-12-16(15)20(25)23(3)22-18/h6-12H,4-5H2,1-3H3,(H,21,24). The van der Waals surface area contributed by atoms with Crippen LogP contribution in [0, 0.1) is 0 Å². The summed E-state index contributed by atoms with van der Waals surface area (Å²) in [6, 6.07) is 13.1. The van der Waals surface area contributed by atoms with E-state index in [1.807, 2.05) is 18.2 Å². The van der Waals surface area contributed by atoms with Crippen molar-refractivity contribution in [1.82, 2.24) is 9.78 Å². The van der Waals surface area contributed by atoms with Crippen molar-refractivity contribution in [3.63, 3.8) is 0 Å². The normalized spacial score (nSPS) is 10.8. The number of nitrogens with zero attached hydrogens (tertiary/aromatic N) is 2. The number of carbonyl (C=O) groups excluding carboxylic acids is 1. The maximum atomic E-state index is 12.9. The van der Waals surface area contributed by atoms with Gasteiger partial charge in [-0.1, -0.05) is 50.2 Å². The third-order valence-corrected chi connectivity index (χ3v) is 4.41. The van der Waals surface area contributed by atoms with Crippen molar-refractivity contribution in [2.75, 3.05) is 5.32 Å². The van der Waals surface area contributed by atoms with Crippen molar-refractivity contribution in [2.45, 2.75) is 26.7 Å². The molecule has 2 aromatic carbocycles. The van der Waals surface area contributed by atoms with Gasteiger partial charge in [-0.2, -0.15) is 5.10 Å². The van der Waals surface area contributed by atoms with Crippen molar-refractivity contribution < 1.29 is 4.79 Å². The molecular weight excluding hydrogens is 314 g/mol. The van der Waals surface area contributed by atoms with Crippen LogP contribution >= 0.6 is 0 Å². The molecule has 1 heterocycles. The lowest BCUT2D eigenvalue weighted by molar-refractivity contribution is 0.102. The molecule has 3 aromatic rings. The smallest absolute Gasteiger partial charge is 0.276 e. The average Bonchev–Trinajstić information content (AvgIpc) is 2.64. The van der Waals surface area contributed by atoms with Crippen LogP contribution < -0.4 is 10.9 Å². The van der Waals surface area contributed by atoms with Crippen LogP contribution in [0.15, 0.2) is 47.3 Å². The molecule has 0 atom stereocenters. The fourth-order valence-corrected chi connectivity index (χ4v) is 3.04. The molecule has 1 amide bonds. The topological polar surface area (TPSA) is 64.0 Å². The predicted octanol–water partition coefficient (Wildman–Crippen LogP) is 3.31. The molecule has 0 aliphatic carbocycles. The number of fused-ring (bicyclic) bond motifs is 1. The van der Waals surface area contributed by atoms with Gasteiger partial charge in [0.1, 0.15) is 0 Å². The molecule has 0 saturated carbocycles. The van der Waals surface area contributed by atoms with Crippen molar-refractivity contribution >= 4 is 22.4 Å². The molecule has 5 nitrogen and oxygen atoms in total. The third-order valence-electron chi connectivity index (χ3n) is 4.41. The van der Waals surface area contributed by atoms with E-state index in [0.29, 0.717) is 10.8 Å². The monoisotopic (exact) mass is 335 g/mol. The number of aromatic nitrogens is 2. The first-order chi connectivity index (χ1) is 12.1. The first-order valence-electron chi connectivity index (χ1n) is 8.45. The third kappa shape index (κ3) is 3.05. The Morgan fingerprint density at radius 3 is 2.20 bits per heavy atom. The highest BCUT2D eigenvalue weighted by Crippen LogP contribution is 2.24. The average molecular weight is 335 g/mol. The Balaban J connectivity index is 2.11. The molecule has 0 aliphatic rings. The van der Waals surface area contributed by atoms with E-state index in [-0.39, 0.29) is 17.2 Å². The van der Waals surface area contributed by atoms with Crippen LogP contribution in [0.2, 0.25) is 0 Å². The molecule has 0 fully saturated rings. The van der Waals surface area contributed by atoms with E-state index in [1.165, 1.54) is 4.68 Å². The number of nitrogens with one attached hydrogen (secondary N) is 1. The minimum absolute atomic E-state index is 0.213. The van der Waals surface area contributed by atoms with E-state index >= 15 is 0 Å². The summed E-state index contributed by atoms with van der Waals surface area (Å²) in [4.78, 5) is 25.2. The van der Waals surface area contributed by atoms with E-state index in [2.05, 4.69) is 24.3 Å². The Labute approximate surface area is 146 Å². The summed E-state index contributed by atoms with van der Waals surface area (Å²) in [5.74, 6) is -0.303. The minimum atomic E-state index is -0.303. The molecule has 0 radical (unpaired) electrons. The van der Waals surface area contributed by atoms with Crippen molar-refractivity contribution in [2.24, 2.45) is 7.05 Å².